The van der Waals surface area contributed by atoms with Crippen LogP contribution in [0.4, 0.5) is 10.5 Å². The van der Waals surface area contributed by atoms with Gasteiger partial charge in [-0.15, -0.1) is 11.3 Å². The molecule has 0 aliphatic rings. The minimum Gasteiger partial charge on any atom is -0.489 e. The van der Waals surface area contributed by atoms with E-state index in [1.54, 1.807) is 20.4 Å². The number of nitrogens with two attached hydrogens (primary N) is 1. The Bertz CT molecular complexity index is 1250. The van der Waals surface area contributed by atoms with Gasteiger partial charge in [-0.3, -0.25) is 4.90 Å². The lowest BCUT2D eigenvalue weighted by atomic mass is 9.90. The maximum atomic E-state index is 11.9. The molecular weight excluding hydrogens is 434 g/mol. The second-order valence-electron chi connectivity index (χ2n) is 7.80. The fourth-order valence-electron chi connectivity index (χ4n) is 3.97. The minimum atomic E-state index is -0.760. The molecule has 1 atom stereocenters. The van der Waals surface area contributed by atoms with Crippen molar-refractivity contribution in [2.75, 3.05) is 19.1 Å². The monoisotopic (exact) mass is 461 g/mol. The summed E-state index contributed by atoms with van der Waals surface area (Å²) in [4.78, 5) is 17.8. The molecular formula is C26H27N3O3S. The predicted molar refractivity (Wildman–Crippen MR) is 133 cm³/mol. The number of hydrogen-bond acceptors (Lipinski definition) is 5. The van der Waals surface area contributed by atoms with Gasteiger partial charge in [-0.1, -0.05) is 43.3 Å². The molecule has 0 bridgehead atoms. The van der Waals surface area contributed by atoms with Gasteiger partial charge in [0.25, 0.3) is 0 Å². The zero-order chi connectivity index (χ0) is 23.4. The number of ether oxygens (including phenoxy) is 2. The first-order chi connectivity index (χ1) is 16.0. The molecule has 6 nitrogen and oxygen atoms in total. The first kappa shape index (κ1) is 22.8. The van der Waals surface area contributed by atoms with E-state index in [1.807, 2.05) is 42.6 Å². The molecule has 0 aliphatic heterocycles. The van der Waals surface area contributed by atoms with Crippen LogP contribution in [0.5, 0.6) is 5.75 Å². The van der Waals surface area contributed by atoms with Crippen LogP contribution < -0.4 is 15.4 Å². The fraction of sp³-hybridized carbons (Fsp3) is 0.231. The molecule has 0 aliphatic carbocycles. The highest BCUT2D eigenvalue weighted by Crippen LogP contribution is 2.40. The van der Waals surface area contributed by atoms with Crippen molar-refractivity contribution in [2.45, 2.75) is 25.6 Å². The van der Waals surface area contributed by atoms with Gasteiger partial charge in [0.1, 0.15) is 23.0 Å². The zero-order valence-electron chi connectivity index (χ0n) is 18.9. The van der Waals surface area contributed by atoms with Crippen molar-refractivity contribution >= 4 is 33.8 Å². The Kier molecular flexibility index (Phi) is 6.62. The van der Waals surface area contributed by atoms with E-state index in [4.69, 9.17) is 15.2 Å². The van der Waals surface area contributed by atoms with Gasteiger partial charge in [-0.2, -0.15) is 0 Å². The molecule has 2 N–H and O–H groups in total. The second kappa shape index (κ2) is 9.60. The van der Waals surface area contributed by atoms with Crippen molar-refractivity contribution in [3.8, 4) is 5.75 Å². The van der Waals surface area contributed by atoms with Crippen molar-refractivity contribution in [3.05, 3.63) is 88.4 Å². The highest BCUT2D eigenvalue weighted by molar-refractivity contribution is 7.09. The molecule has 4 rings (SSSR count). The van der Waals surface area contributed by atoms with E-state index in [1.165, 1.54) is 21.6 Å². The summed E-state index contributed by atoms with van der Waals surface area (Å²) in [5.74, 6) is 0.621. The van der Waals surface area contributed by atoms with Crippen LogP contribution in [-0.2, 0) is 16.9 Å². The minimum absolute atomic E-state index is 0.386. The van der Waals surface area contributed by atoms with E-state index < -0.39 is 11.6 Å². The lowest BCUT2D eigenvalue weighted by Crippen LogP contribution is -2.33. The first-order valence-electron chi connectivity index (χ1n) is 10.7. The van der Waals surface area contributed by atoms with Crippen molar-refractivity contribution < 1.29 is 14.3 Å². The van der Waals surface area contributed by atoms with Crippen LogP contribution in [0.1, 0.15) is 29.5 Å². The van der Waals surface area contributed by atoms with Gasteiger partial charge in [0.15, 0.2) is 0 Å². The summed E-state index contributed by atoms with van der Waals surface area (Å²) in [6.07, 6.45) is 2.42. The number of carbonyl (C=O) groups is 1. The van der Waals surface area contributed by atoms with Crippen LogP contribution in [-0.4, -0.2) is 25.2 Å². The van der Waals surface area contributed by atoms with Gasteiger partial charge in [-0.05, 0) is 46.5 Å². The number of primary amides is 1. The van der Waals surface area contributed by atoms with E-state index in [9.17, 15) is 4.79 Å². The summed E-state index contributed by atoms with van der Waals surface area (Å²) in [5.41, 5.74) is 7.33. The Labute approximate surface area is 197 Å². The maximum absolute atomic E-state index is 11.9. The quantitative estimate of drug-likeness (QED) is 0.366. The van der Waals surface area contributed by atoms with Crippen molar-refractivity contribution in [3.63, 3.8) is 0 Å². The molecule has 0 radical (unpaired) electrons. The number of thiazole rings is 1. The summed E-state index contributed by atoms with van der Waals surface area (Å²) in [6.45, 7) is 2.43. The van der Waals surface area contributed by atoms with E-state index in [0.29, 0.717) is 24.5 Å². The third kappa shape index (κ3) is 4.55. The average molecular weight is 462 g/mol. The van der Waals surface area contributed by atoms with Crippen LogP contribution in [0.15, 0.2) is 72.2 Å². The standard InChI is InChI=1S/C26H27N3O3S/c1-4-26(31-3,24-28-11-12-33-24)21-14-22(29(2)25(27)30)16-23(15-21)32-17-18-9-10-19-7-5-6-8-20(19)13-18/h5-16H,4,17H2,1-3H3,(H2,27,30). The Hall–Kier alpha value is -3.42. The molecule has 33 heavy (non-hydrogen) atoms. The molecule has 0 fully saturated rings. The Morgan fingerprint density at radius 2 is 1.91 bits per heavy atom. The number of anilines is 1. The van der Waals surface area contributed by atoms with Gasteiger partial charge in [0.05, 0.1) is 0 Å². The van der Waals surface area contributed by atoms with Crippen LogP contribution >= 0.6 is 11.3 Å². The molecule has 1 unspecified atom stereocenters. The third-order valence-corrected chi connectivity index (χ3v) is 6.84. The molecule has 0 saturated heterocycles. The van der Waals surface area contributed by atoms with E-state index in [0.717, 1.165) is 21.5 Å². The van der Waals surface area contributed by atoms with Gasteiger partial charge in [0.2, 0.25) is 0 Å². The average Bonchev–Trinajstić information content (AvgIpc) is 3.38. The molecule has 3 aromatic carbocycles. The summed E-state index contributed by atoms with van der Waals surface area (Å²) in [5, 5.41) is 5.11. The van der Waals surface area contributed by atoms with Crippen molar-refractivity contribution in [2.24, 2.45) is 5.73 Å². The molecule has 170 valence electrons. The van der Waals surface area contributed by atoms with Crippen molar-refractivity contribution in [1.29, 1.82) is 0 Å². The largest absolute Gasteiger partial charge is 0.489 e. The van der Waals surface area contributed by atoms with Crippen LogP contribution in [0.25, 0.3) is 10.8 Å². The van der Waals surface area contributed by atoms with Crippen LogP contribution in [0.3, 0.4) is 0 Å². The van der Waals surface area contributed by atoms with Gasteiger partial charge in [-0.25, -0.2) is 9.78 Å². The summed E-state index contributed by atoms with van der Waals surface area (Å²) in [6, 6.07) is 19.6. The highest BCUT2D eigenvalue weighted by atomic mass is 32.1. The van der Waals surface area contributed by atoms with Crippen LogP contribution in [0.2, 0.25) is 0 Å². The third-order valence-electron chi connectivity index (χ3n) is 5.92. The van der Waals surface area contributed by atoms with Crippen LogP contribution in [0, 0.1) is 0 Å². The number of methoxy groups -OCH3 is 1. The molecule has 4 aromatic rings. The number of amides is 2. The number of carbonyl (C=O) groups excluding carboxylic acids is 1. The summed E-state index contributed by atoms with van der Waals surface area (Å²) >= 11 is 1.53. The Morgan fingerprint density at radius 1 is 1.12 bits per heavy atom. The Balaban J connectivity index is 1.72. The lowest BCUT2D eigenvalue weighted by molar-refractivity contribution is 0.0182. The zero-order valence-corrected chi connectivity index (χ0v) is 19.8. The smallest absolute Gasteiger partial charge is 0.318 e. The van der Waals surface area contributed by atoms with E-state index in [2.05, 4.69) is 35.3 Å². The number of fused-ring (bicyclic) bond motifs is 1. The predicted octanol–water partition coefficient (Wildman–Crippen LogP) is 5.69. The normalized spacial score (nSPS) is 12.9. The molecule has 1 aromatic heterocycles. The van der Waals surface area contributed by atoms with Crippen molar-refractivity contribution in [1.82, 2.24) is 4.98 Å². The first-order valence-corrected chi connectivity index (χ1v) is 11.6. The second-order valence-corrected chi connectivity index (χ2v) is 8.70. The SMILES string of the molecule is CCC(OC)(c1cc(OCc2ccc3ccccc3c2)cc(N(C)C(N)=O)c1)c1nccs1. The van der Waals surface area contributed by atoms with E-state index in [-0.39, 0.29) is 0 Å². The molecule has 0 saturated carbocycles. The molecule has 2 amide bonds. The molecule has 1 heterocycles. The van der Waals surface area contributed by atoms with Gasteiger partial charge in [0, 0.05) is 37.5 Å². The summed E-state index contributed by atoms with van der Waals surface area (Å²) in [7, 11) is 3.31. The number of aromatic nitrogens is 1. The molecule has 7 heteroatoms. The molecule has 0 spiro atoms. The Morgan fingerprint density at radius 3 is 2.58 bits per heavy atom. The van der Waals surface area contributed by atoms with Gasteiger partial charge < -0.3 is 15.2 Å². The number of rotatable bonds is 8. The fourth-order valence-corrected chi connectivity index (χ4v) is 4.88. The lowest BCUT2D eigenvalue weighted by Gasteiger charge is -2.31. The summed E-state index contributed by atoms with van der Waals surface area (Å²) < 4.78 is 12.2. The van der Waals surface area contributed by atoms with E-state index >= 15 is 0 Å². The number of nitrogens with zero attached hydrogens (tertiary/aromatic N) is 2. The number of urea groups is 1. The maximum Gasteiger partial charge on any atom is 0.318 e. The highest BCUT2D eigenvalue weighted by Gasteiger charge is 2.36. The van der Waals surface area contributed by atoms with Gasteiger partial charge >= 0.3 is 6.03 Å². The number of benzene rings is 3. The number of hydrogen-bond donors (Lipinski definition) is 1. The topological polar surface area (TPSA) is 77.7 Å².